The number of carboxylic acid groups (broad SMARTS) is 1. The largest absolute Gasteiger partial charge is 0.475 e. The van der Waals surface area contributed by atoms with E-state index in [1.807, 2.05) is 0 Å². The molecule has 0 bridgehead atoms. The molecule has 1 rings (SSSR count). The number of esters is 2. The fraction of sp³-hybridized carbons (Fsp3) is 0.0833. The van der Waals surface area contributed by atoms with Gasteiger partial charge in [0.15, 0.2) is 0 Å². The highest BCUT2D eigenvalue weighted by molar-refractivity contribution is 6.30. The van der Waals surface area contributed by atoms with Crippen LogP contribution in [0.5, 0.6) is 0 Å². The van der Waals surface area contributed by atoms with E-state index in [-0.39, 0.29) is 5.56 Å². The van der Waals surface area contributed by atoms with Gasteiger partial charge in [0.1, 0.15) is 0 Å². The summed E-state index contributed by atoms with van der Waals surface area (Å²) in [5.41, 5.74) is 0.133. The first-order valence-electron chi connectivity index (χ1n) is 5.00. The summed E-state index contributed by atoms with van der Waals surface area (Å²) < 4.78 is 8.95. The monoisotopic (exact) mass is 284 g/mol. The van der Waals surface area contributed by atoms with E-state index in [4.69, 9.17) is 16.7 Å². The molecule has 0 radical (unpaired) electrons. The standard InChI is InChI=1S/C12H9ClO6/c1-7(14)18-10(13)9(11(15)16)19-12(17)8-5-3-2-4-6-8/h2-6H,1H3,(H,15,16). The Kier molecular flexibility index (Phi) is 5.08. The molecule has 0 aliphatic carbocycles. The number of hydrogen-bond acceptors (Lipinski definition) is 5. The molecule has 0 saturated heterocycles. The van der Waals surface area contributed by atoms with Crippen molar-refractivity contribution < 1.29 is 29.0 Å². The Hall–Kier alpha value is -2.34. The maximum Gasteiger partial charge on any atom is 0.376 e. The smallest absolute Gasteiger partial charge is 0.376 e. The lowest BCUT2D eigenvalue weighted by molar-refractivity contribution is -0.138. The van der Waals surface area contributed by atoms with Crippen LogP contribution in [0.1, 0.15) is 17.3 Å². The van der Waals surface area contributed by atoms with E-state index in [0.29, 0.717) is 0 Å². The zero-order chi connectivity index (χ0) is 14.4. The fourth-order valence-electron chi connectivity index (χ4n) is 1.07. The second-order valence-electron chi connectivity index (χ2n) is 3.26. The van der Waals surface area contributed by atoms with Gasteiger partial charge in [0, 0.05) is 6.92 Å². The van der Waals surface area contributed by atoms with Crippen molar-refractivity contribution in [1.82, 2.24) is 0 Å². The maximum absolute atomic E-state index is 11.6. The molecule has 0 saturated carbocycles. The Bertz CT molecular complexity index is 534. The number of rotatable bonds is 4. The van der Waals surface area contributed by atoms with Crippen molar-refractivity contribution in [3.63, 3.8) is 0 Å². The number of carbonyl (C=O) groups excluding carboxylic acids is 2. The summed E-state index contributed by atoms with van der Waals surface area (Å²) in [6.07, 6.45) is 0. The molecule has 0 spiro atoms. The predicted molar refractivity (Wildman–Crippen MR) is 64.1 cm³/mol. The molecule has 0 atom stereocenters. The molecule has 0 fully saturated rings. The van der Waals surface area contributed by atoms with Gasteiger partial charge in [-0.2, -0.15) is 0 Å². The summed E-state index contributed by atoms with van der Waals surface area (Å²) in [6.45, 7) is 1.03. The number of carboxylic acids is 1. The molecule has 1 aromatic carbocycles. The van der Waals surface area contributed by atoms with Crippen molar-refractivity contribution in [3.8, 4) is 0 Å². The summed E-state index contributed by atoms with van der Waals surface area (Å²) in [7, 11) is 0. The number of carbonyl (C=O) groups is 3. The van der Waals surface area contributed by atoms with Crippen molar-refractivity contribution in [3.05, 3.63) is 46.9 Å². The highest BCUT2D eigenvalue weighted by Crippen LogP contribution is 2.15. The first kappa shape index (κ1) is 14.7. The van der Waals surface area contributed by atoms with Crippen LogP contribution in [0.3, 0.4) is 0 Å². The highest BCUT2D eigenvalue weighted by Gasteiger charge is 2.22. The molecule has 1 aromatic rings. The van der Waals surface area contributed by atoms with Gasteiger partial charge in [0.25, 0.3) is 5.76 Å². The lowest BCUT2D eigenvalue weighted by Gasteiger charge is -2.06. The van der Waals surface area contributed by atoms with Gasteiger partial charge in [-0.05, 0) is 23.7 Å². The summed E-state index contributed by atoms with van der Waals surface area (Å²) in [5.74, 6) is -4.34. The lowest BCUT2D eigenvalue weighted by atomic mass is 10.2. The first-order valence-corrected chi connectivity index (χ1v) is 5.38. The second kappa shape index (κ2) is 6.55. The third-order valence-electron chi connectivity index (χ3n) is 1.81. The van der Waals surface area contributed by atoms with Gasteiger partial charge in [0.05, 0.1) is 5.56 Å². The first-order chi connectivity index (χ1) is 8.91. The Morgan fingerprint density at radius 2 is 1.68 bits per heavy atom. The van der Waals surface area contributed by atoms with Gasteiger partial charge in [0.2, 0.25) is 5.22 Å². The average molecular weight is 285 g/mol. The van der Waals surface area contributed by atoms with Crippen LogP contribution in [0.2, 0.25) is 0 Å². The van der Waals surface area contributed by atoms with Gasteiger partial charge >= 0.3 is 17.9 Å². The van der Waals surface area contributed by atoms with Crippen LogP contribution in [0.15, 0.2) is 41.3 Å². The minimum Gasteiger partial charge on any atom is -0.475 e. The summed E-state index contributed by atoms with van der Waals surface area (Å²) >= 11 is 5.45. The lowest BCUT2D eigenvalue weighted by Crippen LogP contribution is -2.14. The minimum atomic E-state index is -1.63. The number of hydrogen-bond donors (Lipinski definition) is 1. The molecule has 0 aliphatic rings. The summed E-state index contributed by atoms with van der Waals surface area (Å²) in [5, 5.41) is 8.03. The minimum absolute atomic E-state index is 0.133. The zero-order valence-electron chi connectivity index (χ0n) is 9.75. The van der Waals surface area contributed by atoms with E-state index in [1.165, 1.54) is 12.1 Å². The third-order valence-corrected chi connectivity index (χ3v) is 2.06. The Labute approximate surface area is 113 Å². The van der Waals surface area contributed by atoms with E-state index in [0.717, 1.165) is 6.92 Å². The molecule has 100 valence electrons. The molecule has 0 heterocycles. The molecule has 0 unspecified atom stereocenters. The van der Waals surface area contributed by atoms with E-state index in [2.05, 4.69) is 9.47 Å². The SMILES string of the molecule is CC(=O)OC(Cl)=C(OC(=O)c1ccccc1)C(=O)O. The number of aliphatic carboxylic acids is 1. The molecule has 0 aromatic heterocycles. The molecule has 7 heteroatoms. The van der Waals surface area contributed by atoms with Crippen molar-refractivity contribution in [2.75, 3.05) is 0 Å². The average Bonchev–Trinajstić information content (AvgIpc) is 2.35. The molecule has 19 heavy (non-hydrogen) atoms. The topological polar surface area (TPSA) is 89.9 Å². The van der Waals surface area contributed by atoms with Crippen LogP contribution in [0, 0.1) is 0 Å². The van der Waals surface area contributed by atoms with Crippen LogP contribution >= 0.6 is 11.6 Å². The van der Waals surface area contributed by atoms with Gasteiger partial charge in [-0.1, -0.05) is 18.2 Å². The molecule has 0 amide bonds. The fourth-order valence-corrected chi connectivity index (χ4v) is 1.29. The van der Waals surface area contributed by atoms with Gasteiger partial charge in [-0.25, -0.2) is 9.59 Å². The maximum atomic E-state index is 11.6. The summed E-state index contributed by atoms with van der Waals surface area (Å²) in [4.78, 5) is 33.2. The molecular weight excluding hydrogens is 276 g/mol. The molecule has 1 N–H and O–H groups in total. The van der Waals surface area contributed by atoms with E-state index < -0.39 is 28.9 Å². The van der Waals surface area contributed by atoms with Crippen molar-refractivity contribution in [2.24, 2.45) is 0 Å². The Morgan fingerprint density at radius 3 is 2.16 bits per heavy atom. The predicted octanol–water partition coefficient (Wildman–Crippen LogP) is 1.90. The van der Waals surface area contributed by atoms with E-state index in [1.54, 1.807) is 18.2 Å². The zero-order valence-corrected chi connectivity index (χ0v) is 10.5. The van der Waals surface area contributed by atoms with Crippen molar-refractivity contribution >= 4 is 29.5 Å². The van der Waals surface area contributed by atoms with Crippen LogP contribution < -0.4 is 0 Å². The van der Waals surface area contributed by atoms with Gasteiger partial charge in [-0.15, -0.1) is 0 Å². The molecule has 0 aliphatic heterocycles. The Morgan fingerprint density at radius 1 is 1.11 bits per heavy atom. The van der Waals surface area contributed by atoms with Crippen LogP contribution in [-0.4, -0.2) is 23.0 Å². The molecular formula is C12H9ClO6. The summed E-state index contributed by atoms with van der Waals surface area (Å²) in [6, 6.07) is 7.70. The van der Waals surface area contributed by atoms with Gasteiger partial charge < -0.3 is 14.6 Å². The third kappa shape index (κ3) is 4.44. The van der Waals surface area contributed by atoms with E-state index >= 15 is 0 Å². The highest BCUT2D eigenvalue weighted by atomic mass is 35.5. The van der Waals surface area contributed by atoms with Crippen LogP contribution in [-0.2, 0) is 19.1 Å². The van der Waals surface area contributed by atoms with Crippen LogP contribution in [0.4, 0.5) is 0 Å². The second-order valence-corrected chi connectivity index (χ2v) is 3.60. The number of ether oxygens (including phenoxy) is 2. The van der Waals surface area contributed by atoms with Crippen LogP contribution in [0.25, 0.3) is 0 Å². The Balaban J connectivity index is 2.95. The molecule has 6 nitrogen and oxygen atoms in total. The van der Waals surface area contributed by atoms with E-state index in [9.17, 15) is 14.4 Å². The quantitative estimate of drug-likeness (QED) is 0.516. The normalized spacial score (nSPS) is 11.3. The van der Waals surface area contributed by atoms with Gasteiger partial charge in [-0.3, -0.25) is 4.79 Å². The number of halogens is 1. The number of benzene rings is 1. The van der Waals surface area contributed by atoms with Crippen molar-refractivity contribution in [2.45, 2.75) is 6.92 Å². The van der Waals surface area contributed by atoms with Crippen molar-refractivity contribution in [1.29, 1.82) is 0 Å².